The number of hydrogen-bond donors (Lipinski definition) is 2. The topological polar surface area (TPSA) is 66.0 Å². The van der Waals surface area contributed by atoms with E-state index in [0.29, 0.717) is 11.5 Å². The molecule has 94 valence electrons. The molecule has 2 rings (SSSR count). The molecule has 0 aliphatic rings. The number of nitrogens with one attached hydrogen (secondary N) is 1. The van der Waals surface area contributed by atoms with E-state index in [-0.39, 0.29) is 5.69 Å². The van der Waals surface area contributed by atoms with Crippen molar-refractivity contribution >= 4 is 5.97 Å². The summed E-state index contributed by atoms with van der Waals surface area (Å²) in [4.78, 5) is 18.3. The Kier molecular flexibility index (Phi) is 2.95. The van der Waals surface area contributed by atoms with Crippen molar-refractivity contribution in [3.8, 4) is 11.3 Å². The molecule has 0 spiro atoms. The van der Waals surface area contributed by atoms with Crippen LogP contribution >= 0.6 is 0 Å². The van der Waals surface area contributed by atoms with Crippen LogP contribution in [0.3, 0.4) is 0 Å². The molecule has 1 aromatic carbocycles. The van der Waals surface area contributed by atoms with Gasteiger partial charge in [0.2, 0.25) is 0 Å². The van der Waals surface area contributed by atoms with Gasteiger partial charge in [0.25, 0.3) is 0 Å². The third-order valence-corrected chi connectivity index (χ3v) is 3.35. The summed E-state index contributed by atoms with van der Waals surface area (Å²) in [6.45, 7) is 7.83. The lowest BCUT2D eigenvalue weighted by Crippen LogP contribution is -2.01. The van der Waals surface area contributed by atoms with Gasteiger partial charge >= 0.3 is 5.97 Å². The monoisotopic (exact) mass is 244 g/mol. The summed E-state index contributed by atoms with van der Waals surface area (Å²) in [5, 5.41) is 9.18. The smallest absolute Gasteiger partial charge is 0.354 e. The van der Waals surface area contributed by atoms with Gasteiger partial charge in [-0.15, -0.1) is 0 Å². The molecule has 0 saturated carbocycles. The number of benzene rings is 1. The summed E-state index contributed by atoms with van der Waals surface area (Å²) in [6.07, 6.45) is 0. The first-order chi connectivity index (χ1) is 8.41. The number of imidazole rings is 1. The third-order valence-electron chi connectivity index (χ3n) is 3.35. The maximum atomic E-state index is 11.2. The van der Waals surface area contributed by atoms with Crippen LogP contribution in [-0.4, -0.2) is 21.0 Å². The van der Waals surface area contributed by atoms with E-state index in [9.17, 15) is 9.90 Å². The Morgan fingerprint density at radius 1 is 1.17 bits per heavy atom. The molecule has 0 unspecified atom stereocenters. The number of aromatic carboxylic acids is 1. The zero-order chi connectivity index (χ0) is 13.4. The van der Waals surface area contributed by atoms with E-state index in [1.807, 2.05) is 32.9 Å². The third kappa shape index (κ3) is 1.90. The summed E-state index contributed by atoms with van der Waals surface area (Å²) in [5.74, 6) is -0.372. The Hall–Kier alpha value is -2.10. The quantitative estimate of drug-likeness (QED) is 0.853. The van der Waals surface area contributed by atoms with E-state index < -0.39 is 5.97 Å². The van der Waals surface area contributed by atoms with Gasteiger partial charge in [-0.2, -0.15) is 0 Å². The van der Waals surface area contributed by atoms with Crippen LogP contribution in [0.1, 0.15) is 33.0 Å². The standard InChI is InChI=1S/C14H16N2O2/c1-7-5-6-11(9(3)8(7)2)12-13(14(17)18)16-10(4)15-12/h5-6H,1-4H3,(H,15,16)(H,17,18). The SMILES string of the molecule is Cc1nc(-c2ccc(C)c(C)c2C)c(C(=O)O)[nH]1. The van der Waals surface area contributed by atoms with Gasteiger partial charge in [-0.25, -0.2) is 9.78 Å². The van der Waals surface area contributed by atoms with E-state index in [4.69, 9.17) is 0 Å². The van der Waals surface area contributed by atoms with Gasteiger partial charge in [-0.05, 0) is 44.4 Å². The van der Waals surface area contributed by atoms with Crippen LogP contribution < -0.4 is 0 Å². The average molecular weight is 244 g/mol. The first-order valence-electron chi connectivity index (χ1n) is 5.79. The highest BCUT2D eigenvalue weighted by Gasteiger charge is 2.18. The fourth-order valence-electron chi connectivity index (χ4n) is 2.05. The maximum Gasteiger partial charge on any atom is 0.354 e. The van der Waals surface area contributed by atoms with Crippen LogP contribution in [0.4, 0.5) is 0 Å². The van der Waals surface area contributed by atoms with E-state index in [2.05, 4.69) is 9.97 Å². The average Bonchev–Trinajstić information content (AvgIpc) is 2.68. The summed E-state index contributed by atoms with van der Waals surface area (Å²) >= 11 is 0. The molecule has 0 aliphatic carbocycles. The molecule has 0 amide bonds. The van der Waals surface area contributed by atoms with Crippen molar-refractivity contribution in [3.05, 3.63) is 40.3 Å². The molecule has 1 heterocycles. The predicted molar refractivity (Wildman–Crippen MR) is 69.9 cm³/mol. The Bertz CT molecular complexity index is 627. The second-order valence-corrected chi connectivity index (χ2v) is 4.53. The highest BCUT2D eigenvalue weighted by atomic mass is 16.4. The molecule has 0 radical (unpaired) electrons. The van der Waals surface area contributed by atoms with Gasteiger partial charge < -0.3 is 10.1 Å². The van der Waals surface area contributed by atoms with Gasteiger partial charge in [-0.1, -0.05) is 12.1 Å². The molecule has 0 aliphatic heterocycles. The second-order valence-electron chi connectivity index (χ2n) is 4.53. The lowest BCUT2D eigenvalue weighted by Gasteiger charge is -2.10. The van der Waals surface area contributed by atoms with Gasteiger partial charge in [0.15, 0.2) is 5.69 Å². The number of rotatable bonds is 2. The van der Waals surface area contributed by atoms with Gasteiger partial charge in [0, 0.05) is 5.56 Å². The molecular weight excluding hydrogens is 228 g/mol. The minimum atomic E-state index is -0.983. The fraction of sp³-hybridized carbons (Fsp3) is 0.286. The summed E-state index contributed by atoms with van der Waals surface area (Å²) in [7, 11) is 0. The summed E-state index contributed by atoms with van der Waals surface area (Å²) in [5.41, 5.74) is 4.98. The lowest BCUT2D eigenvalue weighted by atomic mass is 9.96. The minimum absolute atomic E-state index is 0.152. The van der Waals surface area contributed by atoms with Crippen molar-refractivity contribution in [2.24, 2.45) is 0 Å². The lowest BCUT2D eigenvalue weighted by molar-refractivity contribution is 0.0692. The molecular formula is C14H16N2O2. The predicted octanol–water partition coefficient (Wildman–Crippen LogP) is 3.01. The molecule has 2 N–H and O–H groups in total. The van der Waals surface area contributed by atoms with Crippen LogP contribution in [0.25, 0.3) is 11.3 Å². The van der Waals surface area contributed by atoms with E-state index in [0.717, 1.165) is 11.1 Å². The molecule has 18 heavy (non-hydrogen) atoms. The molecule has 0 atom stereocenters. The number of nitrogens with zero attached hydrogens (tertiary/aromatic N) is 1. The van der Waals surface area contributed by atoms with Crippen LogP contribution in [0.15, 0.2) is 12.1 Å². The van der Waals surface area contributed by atoms with Crippen molar-refractivity contribution in [2.45, 2.75) is 27.7 Å². The number of carboxylic acids is 1. The number of carbonyl (C=O) groups is 1. The van der Waals surface area contributed by atoms with Crippen molar-refractivity contribution in [1.82, 2.24) is 9.97 Å². The first kappa shape index (κ1) is 12.4. The molecule has 4 heteroatoms. The van der Waals surface area contributed by atoms with Crippen molar-refractivity contribution in [2.75, 3.05) is 0 Å². The summed E-state index contributed by atoms with van der Waals surface area (Å²) in [6, 6.07) is 3.92. The van der Waals surface area contributed by atoms with Crippen LogP contribution in [0, 0.1) is 27.7 Å². The zero-order valence-corrected chi connectivity index (χ0v) is 11.0. The molecule has 4 nitrogen and oxygen atoms in total. The van der Waals surface area contributed by atoms with Crippen molar-refractivity contribution < 1.29 is 9.90 Å². The zero-order valence-electron chi connectivity index (χ0n) is 11.0. The van der Waals surface area contributed by atoms with Gasteiger partial charge in [-0.3, -0.25) is 0 Å². The maximum absolute atomic E-state index is 11.2. The summed E-state index contributed by atoms with van der Waals surface area (Å²) < 4.78 is 0. The van der Waals surface area contributed by atoms with Crippen LogP contribution in [0.2, 0.25) is 0 Å². The molecule has 0 fully saturated rings. The van der Waals surface area contributed by atoms with Crippen molar-refractivity contribution in [1.29, 1.82) is 0 Å². The fourth-order valence-corrected chi connectivity index (χ4v) is 2.05. The number of aromatic amines is 1. The number of hydrogen-bond acceptors (Lipinski definition) is 2. The number of H-pyrrole nitrogens is 1. The molecule has 2 aromatic rings. The Balaban J connectivity index is 2.70. The second kappa shape index (κ2) is 4.29. The van der Waals surface area contributed by atoms with E-state index >= 15 is 0 Å². The molecule has 0 bridgehead atoms. The van der Waals surface area contributed by atoms with Gasteiger partial charge in [0.05, 0.1) is 0 Å². The Morgan fingerprint density at radius 3 is 2.44 bits per heavy atom. The number of carboxylic acid groups (broad SMARTS) is 1. The van der Waals surface area contributed by atoms with Crippen molar-refractivity contribution in [3.63, 3.8) is 0 Å². The highest BCUT2D eigenvalue weighted by molar-refractivity contribution is 5.93. The van der Waals surface area contributed by atoms with Crippen LogP contribution in [0.5, 0.6) is 0 Å². The Morgan fingerprint density at radius 2 is 1.83 bits per heavy atom. The first-order valence-corrected chi connectivity index (χ1v) is 5.79. The number of aromatic nitrogens is 2. The Labute approximate surface area is 106 Å². The normalized spacial score (nSPS) is 10.7. The molecule has 0 saturated heterocycles. The van der Waals surface area contributed by atoms with Gasteiger partial charge in [0.1, 0.15) is 11.5 Å². The van der Waals surface area contributed by atoms with Crippen LogP contribution in [-0.2, 0) is 0 Å². The van der Waals surface area contributed by atoms with E-state index in [1.165, 1.54) is 11.1 Å². The molecule has 1 aromatic heterocycles. The van der Waals surface area contributed by atoms with E-state index in [1.54, 1.807) is 6.92 Å². The minimum Gasteiger partial charge on any atom is -0.477 e. The number of aryl methyl sites for hydroxylation is 2. The largest absolute Gasteiger partial charge is 0.477 e. The highest BCUT2D eigenvalue weighted by Crippen LogP contribution is 2.28.